The number of carbonyl (C=O) groups excluding carboxylic acids is 2. The van der Waals surface area contributed by atoms with Gasteiger partial charge in [0.05, 0.1) is 18.8 Å². The zero-order valence-electron chi connectivity index (χ0n) is 33.1. The van der Waals surface area contributed by atoms with E-state index in [0.717, 1.165) is 32.4 Å². The molecule has 0 aromatic heterocycles. The maximum absolute atomic E-state index is 13.2. The second kappa shape index (κ2) is 37.8. The zero-order valence-corrected chi connectivity index (χ0v) is 33.1. The lowest BCUT2D eigenvalue weighted by atomic mass is 10.0. The predicted octanol–water partition coefficient (Wildman–Crippen LogP) is 10.1. The van der Waals surface area contributed by atoms with Gasteiger partial charge in [0.1, 0.15) is 0 Å². The number of nitrogens with two attached hydrogens (primary N) is 2. The first-order valence-corrected chi connectivity index (χ1v) is 21.4. The SMILES string of the molecule is CCCCCCCCC=CCCCCCCCCN(CCCCCCCCCCCCCCCC)C(=O)CNC(=O)C(N)CCNC(C)N. The van der Waals surface area contributed by atoms with E-state index in [1.807, 2.05) is 11.8 Å². The first-order chi connectivity index (χ1) is 23.9. The lowest BCUT2D eigenvalue weighted by molar-refractivity contribution is -0.133. The van der Waals surface area contributed by atoms with Crippen molar-refractivity contribution in [3.8, 4) is 0 Å². The Kier molecular flexibility index (Phi) is 36.7. The second-order valence-electron chi connectivity index (χ2n) is 14.8. The molecule has 6 N–H and O–H groups in total. The predicted molar refractivity (Wildman–Crippen MR) is 214 cm³/mol. The molecule has 0 aromatic rings. The third kappa shape index (κ3) is 34.8. The van der Waals surface area contributed by atoms with Crippen molar-refractivity contribution < 1.29 is 9.59 Å². The van der Waals surface area contributed by atoms with Gasteiger partial charge in [0.25, 0.3) is 0 Å². The van der Waals surface area contributed by atoms with E-state index >= 15 is 0 Å². The largest absolute Gasteiger partial charge is 0.346 e. The van der Waals surface area contributed by atoms with Gasteiger partial charge >= 0.3 is 0 Å². The molecule has 0 rings (SSSR count). The Morgan fingerprint density at radius 1 is 0.571 bits per heavy atom. The average molecular weight is 692 g/mol. The van der Waals surface area contributed by atoms with E-state index in [1.54, 1.807) is 0 Å². The van der Waals surface area contributed by atoms with Crippen molar-refractivity contribution >= 4 is 11.8 Å². The molecular weight excluding hydrogens is 606 g/mol. The van der Waals surface area contributed by atoms with Crippen LogP contribution in [0, 0.1) is 0 Å². The molecule has 0 radical (unpaired) electrons. The molecule has 0 aliphatic heterocycles. The summed E-state index contributed by atoms with van der Waals surface area (Å²) in [5.74, 6) is -0.259. The van der Waals surface area contributed by atoms with Gasteiger partial charge in [0.15, 0.2) is 0 Å². The van der Waals surface area contributed by atoms with Crippen LogP contribution in [0.4, 0.5) is 0 Å². The van der Waals surface area contributed by atoms with Gasteiger partial charge in [-0.05, 0) is 58.4 Å². The number of hydrogen-bond donors (Lipinski definition) is 4. The van der Waals surface area contributed by atoms with Gasteiger partial charge in [-0.2, -0.15) is 0 Å². The molecule has 7 nitrogen and oxygen atoms in total. The van der Waals surface area contributed by atoms with Crippen LogP contribution in [0.2, 0.25) is 0 Å². The highest BCUT2D eigenvalue weighted by molar-refractivity contribution is 5.87. The minimum Gasteiger partial charge on any atom is -0.346 e. The highest BCUT2D eigenvalue weighted by atomic mass is 16.2. The Balaban J connectivity index is 4.26. The summed E-state index contributed by atoms with van der Waals surface area (Å²) in [4.78, 5) is 27.6. The van der Waals surface area contributed by atoms with Crippen LogP contribution >= 0.6 is 0 Å². The second-order valence-corrected chi connectivity index (χ2v) is 14.8. The first kappa shape index (κ1) is 47.6. The van der Waals surface area contributed by atoms with Crippen molar-refractivity contribution in [3.63, 3.8) is 0 Å². The topological polar surface area (TPSA) is 113 Å². The number of amides is 2. The van der Waals surface area contributed by atoms with Crippen molar-refractivity contribution in [2.75, 3.05) is 26.2 Å². The van der Waals surface area contributed by atoms with Gasteiger partial charge in [-0.25, -0.2) is 0 Å². The Morgan fingerprint density at radius 3 is 1.33 bits per heavy atom. The fourth-order valence-corrected chi connectivity index (χ4v) is 6.41. The molecule has 0 aliphatic carbocycles. The summed E-state index contributed by atoms with van der Waals surface area (Å²) >= 11 is 0. The molecule has 0 aliphatic rings. The van der Waals surface area contributed by atoms with Crippen LogP contribution in [0.15, 0.2) is 12.2 Å². The van der Waals surface area contributed by atoms with Crippen molar-refractivity contribution in [2.45, 2.75) is 219 Å². The molecule has 290 valence electrons. The molecular formula is C42H85N5O2. The molecule has 2 unspecified atom stereocenters. The molecule has 0 saturated carbocycles. The van der Waals surface area contributed by atoms with Crippen LogP contribution < -0.4 is 22.1 Å². The van der Waals surface area contributed by atoms with Crippen LogP contribution in [0.5, 0.6) is 0 Å². The van der Waals surface area contributed by atoms with Gasteiger partial charge in [-0.1, -0.05) is 167 Å². The van der Waals surface area contributed by atoms with Crippen LogP contribution in [0.1, 0.15) is 207 Å². The Bertz CT molecular complexity index is 745. The average Bonchev–Trinajstić information content (AvgIpc) is 3.09. The van der Waals surface area contributed by atoms with E-state index in [1.165, 1.54) is 161 Å². The van der Waals surface area contributed by atoms with Crippen LogP contribution in [-0.4, -0.2) is 55.1 Å². The number of rotatable bonds is 38. The molecule has 0 aromatic carbocycles. The minimum absolute atomic E-state index is 0.0108. The third-order valence-electron chi connectivity index (χ3n) is 9.75. The molecule has 0 fully saturated rings. The van der Waals surface area contributed by atoms with Crippen molar-refractivity contribution in [2.24, 2.45) is 11.5 Å². The van der Waals surface area contributed by atoms with E-state index in [9.17, 15) is 9.59 Å². The Hall–Kier alpha value is -1.44. The molecule has 7 heteroatoms. The number of allylic oxidation sites excluding steroid dienone is 2. The molecule has 49 heavy (non-hydrogen) atoms. The number of unbranched alkanes of at least 4 members (excludes halogenated alkanes) is 25. The summed E-state index contributed by atoms with van der Waals surface area (Å²) in [6, 6.07) is -0.644. The molecule has 2 atom stereocenters. The van der Waals surface area contributed by atoms with E-state index in [0.29, 0.717) is 13.0 Å². The lowest BCUT2D eigenvalue weighted by Gasteiger charge is -2.23. The number of nitrogens with one attached hydrogen (secondary N) is 2. The van der Waals surface area contributed by atoms with Crippen LogP contribution in [0.3, 0.4) is 0 Å². The van der Waals surface area contributed by atoms with E-state index in [2.05, 4.69) is 36.6 Å². The number of hydrogen-bond acceptors (Lipinski definition) is 5. The maximum atomic E-state index is 13.2. The first-order valence-electron chi connectivity index (χ1n) is 21.4. The highest BCUT2D eigenvalue weighted by Crippen LogP contribution is 2.14. The fraction of sp³-hybridized carbons (Fsp3) is 0.905. The summed E-state index contributed by atoms with van der Waals surface area (Å²) < 4.78 is 0. The summed E-state index contributed by atoms with van der Waals surface area (Å²) in [5.41, 5.74) is 11.8. The summed E-state index contributed by atoms with van der Waals surface area (Å²) in [5, 5.41) is 5.87. The Morgan fingerprint density at radius 2 is 0.939 bits per heavy atom. The van der Waals surface area contributed by atoms with Crippen molar-refractivity contribution in [1.82, 2.24) is 15.5 Å². The van der Waals surface area contributed by atoms with Gasteiger partial charge in [0.2, 0.25) is 11.8 Å². The fourth-order valence-electron chi connectivity index (χ4n) is 6.41. The minimum atomic E-state index is -0.644. The van der Waals surface area contributed by atoms with Crippen LogP contribution in [0.25, 0.3) is 0 Å². The molecule has 0 bridgehead atoms. The Labute approximate surface area is 305 Å². The number of nitrogens with zero attached hydrogens (tertiary/aromatic N) is 1. The quantitative estimate of drug-likeness (QED) is 0.0292. The van der Waals surface area contributed by atoms with E-state index < -0.39 is 6.04 Å². The highest BCUT2D eigenvalue weighted by Gasteiger charge is 2.17. The van der Waals surface area contributed by atoms with Crippen LogP contribution in [-0.2, 0) is 9.59 Å². The lowest BCUT2D eigenvalue weighted by Crippen LogP contribution is -2.47. The normalized spacial score (nSPS) is 12.8. The van der Waals surface area contributed by atoms with E-state index in [4.69, 9.17) is 11.5 Å². The zero-order chi connectivity index (χ0) is 36.0. The summed E-state index contributed by atoms with van der Waals surface area (Å²) in [6.07, 6.45) is 41.6. The summed E-state index contributed by atoms with van der Waals surface area (Å²) in [7, 11) is 0. The van der Waals surface area contributed by atoms with Gasteiger partial charge < -0.3 is 27.0 Å². The maximum Gasteiger partial charge on any atom is 0.241 e. The van der Waals surface area contributed by atoms with Crippen molar-refractivity contribution in [3.05, 3.63) is 12.2 Å². The van der Waals surface area contributed by atoms with E-state index in [-0.39, 0.29) is 24.5 Å². The third-order valence-corrected chi connectivity index (χ3v) is 9.75. The summed E-state index contributed by atoms with van der Waals surface area (Å²) in [6.45, 7) is 8.56. The van der Waals surface area contributed by atoms with Gasteiger partial charge in [0, 0.05) is 13.1 Å². The monoisotopic (exact) mass is 692 g/mol. The van der Waals surface area contributed by atoms with Gasteiger partial charge in [-0.15, -0.1) is 0 Å². The molecule has 0 heterocycles. The molecule has 0 spiro atoms. The smallest absolute Gasteiger partial charge is 0.241 e. The van der Waals surface area contributed by atoms with Crippen molar-refractivity contribution in [1.29, 1.82) is 0 Å². The molecule has 0 saturated heterocycles. The molecule has 2 amide bonds. The number of carbonyl (C=O) groups is 2. The van der Waals surface area contributed by atoms with Gasteiger partial charge in [-0.3, -0.25) is 9.59 Å². The standard InChI is InChI=1S/C42H85N5O2/c1-4-6-8-10-12-14-16-18-20-21-23-25-27-29-31-33-37-47(41(48)38-46-42(49)40(44)34-35-45-39(3)43)36-32-30-28-26-24-22-19-17-15-13-11-9-7-5-2/h18,20,39-40,45H,4-17,19,21-38,43-44H2,1-3H3,(H,46,49).